The normalized spacial score (nSPS) is 12.7. The number of para-hydroxylation sites is 1. The van der Waals surface area contributed by atoms with Gasteiger partial charge in [-0.3, -0.25) is 10.1 Å². The van der Waals surface area contributed by atoms with Crippen LogP contribution in [-0.4, -0.2) is 23.2 Å². The van der Waals surface area contributed by atoms with Gasteiger partial charge in [-0.15, -0.1) is 0 Å². The van der Waals surface area contributed by atoms with Crippen molar-refractivity contribution in [3.8, 4) is 5.75 Å². The van der Waals surface area contributed by atoms with Crippen LogP contribution in [0.3, 0.4) is 0 Å². The van der Waals surface area contributed by atoms with Crippen LogP contribution in [-0.2, 0) is 11.3 Å². The summed E-state index contributed by atoms with van der Waals surface area (Å²) in [4.78, 5) is 11.1. The van der Waals surface area contributed by atoms with Gasteiger partial charge in [-0.25, -0.2) is 0 Å². The van der Waals surface area contributed by atoms with Crippen LogP contribution in [0.5, 0.6) is 5.75 Å². The Morgan fingerprint density at radius 1 is 1.26 bits per heavy atom. The summed E-state index contributed by atoms with van der Waals surface area (Å²) in [5, 5.41) is 12.2. The second-order valence-corrected chi connectivity index (χ2v) is 5.22. The molecule has 0 bridgehead atoms. The first-order valence-corrected chi connectivity index (χ1v) is 6.62. The van der Waals surface area contributed by atoms with Crippen LogP contribution < -0.4 is 10.1 Å². The van der Waals surface area contributed by atoms with Gasteiger partial charge in [-0.05, 0) is 25.8 Å². The highest BCUT2D eigenvalue weighted by molar-refractivity contribution is 5.73. The van der Waals surface area contributed by atoms with Gasteiger partial charge in [-0.2, -0.15) is 0 Å². The maximum Gasteiger partial charge on any atom is 0.320 e. The smallest absolute Gasteiger partial charge is 0.320 e. The van der Waals surface area contributed by atoms with Crippen molar-refractivity contribution in [1.82, 2.24) is 5.32 Å². The molecule has 0 aromatic heterocycles. The summed E-state index contributed by atoms with van der Waals surface area (Å²) in [5.41, 5.74) is 0.975. The van der Waals surface area contributed by atoms with E-state index in [-0.39, 0.29) is 12.0 Å². The van der Waals surface area contributed by atoms with E-state index in [2.05, 4.69) is 5.32 Å². The van der Waals surface area contributed by atoms with Gasteiger partial charge in [-0.1, -0.05) is 32.0 Å². The minimum atomic E-state index is -0.822. The van der Waals surface area contributed by atoms with Crippen molar-refractivity contribution < 1.29 is 14.6 Å². The van der Waals surface area contributed by atoms with Crippen LogP contribution in [0.2, 0.25) is 0 Å². The molecule has 4 nitrogen and oxygen atoms in total. The zero-order chi connectivity index (χ0) is 14.4. The van der Waals surface area contributed by atoms with Gasteiger partial charge in [0.15, 0.2) is 0 Å². The lowest BCUT2D eigenvalue weighted by Gasteiger charge is -2.20. The molecule has 19 heavy (non-hydrogen) atoms. The fourth-order valence-corrected chi connectivity index (χ4v) is 1.85. The Hall–Kier alpha value is -1.55. The summed E-state index contributed by atoms with van der Waals surface area (Å²) in [6.07, 6.45) is 0.0986. The van der Waals surface area contributed by atoms with E-state index in [1.807, 2.05) is 52.0 Å². The van der Waals surface area contributed by atoms with Gasteiger partial charge in [0.2, 0.25) is 0 Å². The predicted molar refractivity (Wildman–Crippen MR) is 75.3 cm³/mol. The van der Waals surface area contributed by atoms with E-state index >= 15 is 0 Å². The molecule has 106 valence electrons. The average molecular weight is 265 g/mol. The van der Waals surface area contributed by atoms with Crippen molar-refractivity contribution in [3.05, 3.63) is 29.8 Å². The molecular formula is C15H23NO3. The predicted octanol–water partition coefficient (Wildman–Crippen LogP) is 2.67. The molecule has 2 N–H and O–H groups in total. The van der Waals surface area contributed by atoms with E-state index in [0.717, 1.165) is 11.3 Å². The molecule has 1 aromatic rings. The number of benzene rings is 1. The molecule has 0 saturated heterocycles. The molecule has 1 atom stereocenters. The number of ether oxygens (including phenoxy) is 1. The Bertz CT molecular complexity index is 416. The topological polar surface area (TPSA) is 58.6 Å². The molecule has 0 aliphatic heterocycles. The summed E-state index contributed by atoms with van der Waals surface area (Å²) in [5.74, 6) is 0.0193. The fourth-order valence-electron chi connectivity index (χ4n) is 1.85. The highest BCUT2D eigenvalue weighted by Crippen LogP contribution is 2.19. The molecule has 0 saturated carbocycles. The first-order chi connectivity index (χ1) is 8.91. The standard InChI is InChI=1S/C15H23NO3/c1-10(2)14(15(17)18)16-9-12-7-5-6-8-13(12)19-11(3)4/h5-8,10-11,14,16H,9H2,1-4H3,(H,17,18). The minimum absolute atomic E-state index is 0.0377. The van der Waals surface area contributed by atoms with Crippen LogP contribution in [0.4, 0.5) is 0 Å². The van der Waals surface area contributed by atoms with Crippen molar-refractivity contribution in [3.63, 3.8) is 0 Å². The summed E-state index contributed by atoms with van der Waals surface area (Å²) >= 11 is 0. The lowest BCUT2D eigenvalue weighted by molar-refractivity contribution is -0.140. The van der Waals surface area contributed by atoms with E-state index in [1.165, 1.54) is 0 Å². The lowest BCUT2D eigenvalue weighted by atomic mass is 10.0. The van der Waals surface area contributed by atoms with Crippen molar-refractivity contribution in [2.75, 3.05) is 0 Å². The maximum atomic E-state index is 11.1. The molecule has 0 aliphatic rings. The van der Waals surface area contributed by atoms with E-state index in [9.17, 15) is 4.79 Å². The fraction of sp³-hybridized carbons (Fsp3) is 0.533. The van der Waals surface area contributed by atoms with Gasteiger partial charge in [0.25, 0.3) is 0 Å². The summed E-state index contributed by atoms with van der Waals surface area (Å²) < 4.78 is 5.71. The van der Waals surface area contributed by atoms with E-state index in [4.69, 9.17) is 9.84 Å². The number of carboxylic acid groups (broad SMARTS) is 1. The Kier molecular flexibility index (Phi) is 5.83. The Labute approximate surface area is 114 Å². The molecule has 0 aliphatic carbocycles. The molecule has 1 unspecified atom stereocenters. The minimum Gasteiger partial charge on any atom is -0.491 e. The zero-order valence-electron chi connectivity index (χ0n) is 12.0. The third-order valence-electron chi connectivity index (χ3n) is 2.78. The first-order valence-electron chi connectivity index (χ1n) is 6.62. The van der Waals surface area contributed by atoms with E-state index in [0.29, 0.717) is 6.54 Å². The molecule has 0 amide bonds. The van der Waals surface area contributed by atoms with Crippen molar-refractivity contribution in [2.24, 2.45) is 5.92 Å². The molecule has 4 heteroatoms. The van der Waals surface area contributed by atoms with Crippen LogP contribution in [0, 0.1) is 5.92 Å². The third kappa shape index (κ3) is 4.91. The monoisotopic (exact) mass is 265 g/mol. The van der Waals surface area contributed by atoms with Crippen LogP contribution in [0.1, 0.15) is 33.3 Å². The molecule has 0 heterocycles. The Morgan fingerprint density at radius 2 is 1.89 bits per heavy atom. The summed E-state index contributed by atoms with van der Waals surface area (Å²) in [6.45, 7) is 8.21. The van der Waals surface area contributed by atoms with Gasteiger partial charge in [0.1, 0.15) is 11.8 Å². The molecular weight excluding hydrogens is 242 g/mol. The number of hydrogen-bond acceptors (Lipinski definition) is 3. The van der Waals surface area contributed by atoms with Crippen molar-refractivity contribution in [1.29, 1.82) is 0 Å². The highest BCUT2D eigenvalue weighted by atomic mass is 16.5. The number of carbonyl (C=O) groups is 1. The first kappa shape index (κ1) is 15.5. The SMILES string of the molecule is CC(C)Oc1ccccc1CNC(C(=O)O)C(C)C. The van der Waals surface area contributed by atoms with E-state index in [1.54, 1.807) is 0 Å². The zero-order valence-corrected chi connectivity index (χ0v) is 12.0. The van der Waals surface area contributed by atoms with Gasteiger partial charge >= 0.3 is 5.97 Å². The second-order valence-electron chi connectivity index (χ2n) is 5.22. The van der Waals surface area contributed by atoms with Crippen LogP contribution >= 0.6 is 0 Å². The molecule has 0 fully saturated rings. The number of hydrogen-bond donors (Lipinski definition) is 2. The quantitative estimate of drug-likeness (QED) is 0.795. The van der Waals surface area contributed by atoms with Crippen LogP contribution in [0.25, 0.3) is 0 Å². The number of aliphatic carboxylic acids is 1. The molecule has 0 spiro atoms. The number of carboxylic acids is 1. The molecule has 0 radical (unpaired) electrons. The Balaban J connectivity index is 2.74. The maximum absolute atomic E-state index is 11.1. The number of rotatable bonds is 7. The summed E-state index contributed by atoms with van der Waals surface area (Å²) in [6, 6.07) is 7.15. The van der Waals surface area contributed by atoms with Gasteiger partial charge in [0.05, 0.1) is 6.10 Å². The highest BCUT2D eigenvalue weighted by Gasteiger charge is 2.20. The number of nitrogens with one attached hydrogen (secondary N) is 1. The molecule has 1 aromatic carbocycles. The van der Waals surface area contributed by atoms with E-state index < -0.39 is 12.0 Å². The average Bonchev–Trinajstić information content (AvgIpc) is 2.29. The van der Waals surface area contributed by atoms with Crippen LogP contribution in [0.15, 0.2) is 24.3 Å². The van der Waals surface area contributed by atoms with Crippen molar-refractivity contribution in [2.45, 2.75) is 46.4 Å². The van der Waals surface area contributed by atoms with Gasteiger partial charge in [0, 0.05) is 12.1 Å². The summed E-state index contributed by atoms with van der Waals surface area (Å²) in [7, 11) is 0. The van der Waals surface area contributed by atoms with Gasteiger partial charge < -0.3 is 9.84 Å². The Morgan fingerprint density at radius 3 is 2.42 bits per heavy atom. The third-order valence-corrected chi connectivity index (χ3v) is 2.78. The largest absolute Gasteiger partial charge is 0.491 e. The second kappa shape index (κ2) is 7.14. The van der Waals surface area contributed by atoms with Crippen molar-refractivity contribution >= 4 is 5.97 Å². The lowest BCUT2D eigenvalue weighted by Crippen LogP contribution is -2.40. The molecule has 1 rings (SSSR count).